The number of nitrogens with two attached hydrogens (primary N) is 1. The van der Waals surface area contributed by atoms with Crippen LogP contribution in [0.25, 0.3) is 0 Å². The van der Waals surface area contributed by atoms with Crippen LogP contribution in [-0.2, 0) is 10.2 Å². The van der Waals surface area contributed by atoms with E-state index in [0.29, 0.717) is 13.1 Å². The fourth-order valence-corrected chi connectivity index (χ4v) is 2.64. The maximum atomic E-state index is 11.9. The number of hydrogen-bond donors (Lipinski definition) is 2. The molecular formula is C14H19N3O. The van der Waals surface area contributed by atoms with Crippen LogP contribution in [0.2, 0.25) is 0 Å². The second-order valence-corrected chi connectivity index (χ2v) is 5.26. The molecule has 0 bridgehead atoms. The Labute approximate surface area is 107 Å². The maximum Gasteiger partial charge on any atom is 0.240 e. The zero-order chi connectivity index (χ0) is 12.6. The van der Waals surface area contributed by atoms with Gasteiger partial charge in [0.25, 0.3) is 0 Å². The molecule has 0 radical (unpaired) electrons. The van der Waals surface area contributed by atoms with E-state index < -0.39 is 0 Å². The molecule has 1 heterocycles. The quantitative estimate of drug-likeness (QED) is 0.820. The van der Waals surface area contributed by atoms with E-state index in [9.17, 15) is 4.79 Å². The van der Waals surface area contributed by atoms with Gasteiger partial charge in [-0.1, -0.05) is 12.1 Å². The number of piperazine rings is 1. The van der Waals surface area contributed by atoms with E-state index in [1.165, 1.54) is 18.4 Å². The summed E-state index contributed by atoms with van der Waals surface area (Å²) in [6.07, 6.45) is 2.34. The van der Waals surface area contributed by atoms with Crippen molar-refractivity contribution >= 4 is 11.6 Å². The highest BCUT2D eigenvalue weighted by atomic mass is 16.2. The molecule has 3 rings (SSSR count). The van der Waals surface area contributed by atoms with Crippen molar-refractivity contribution in [2.75, 3.05) is 31.1 Å². The third kappa shape index (κ3) is 1.91. The van der Waals surface area contributed by atoms with Gasteiger partial charge in [-0.2, -0.15) is 0 Å². The lowest BCUT2D eigenvalue weighted by Gasteiger charge is -2.28. The van der Waals surface area contributed by atoms with Crippen LogP contribution in [0, 0.1) is 0 Å². The Hall–Kier alpha value is -1.39. The van der Waals surface area contributed by atoms with Crippen LogP contribution in [-0.4, -0.2) is 32.1 Å². The monoisotopic (exact) mass is 245 g/mol. The van der Waals surface area contributed by atoms with Gasteiger partial charge in [0.05, 0.1) is 6.54 Å². The standard InChI is InChI=1S/C14H19N3O/c15-10-14(4-5-14)11-2-1-3-12(8-11)17-7-6-16-9-13(17)18/h1-3,8,16H,4-7,9-10,15H2. The first-order valence-corrected chi connectivity index (χ1v) is 6.57. The number of benzene rings is 1. The lowest BCUT2D eigenvalue weighted by Crippen LogP contribution is -2.48. The van der Waals surface area contributed by atoms with Crippen LogP contribution in [0.5, 0.6) is 0 Å². The predicted octanol–water partition coefficient (Wildman–Crippen LogP) is 0.613. The van der Waals surface area contributed by atoms with E-state index in [1.807, 2.05) is 17.0 Å². The number of rotatable bonds is 3. The molecule has 0 unspecified atom stereocenters. The first kappa shape index (κ1) is 11.7. The van der Waals surface area contributed by atoms with Gasteiger partial charge in [0.15, 0.2) is 0 Å². The summed E-state index contributed by atoms with van der Waals surface area (Å²) in [5.74, 6) is 0.149. The smallest absolute Gasteiger partial charge is 0.240 e. The first-order valence-electron chi connectivity index (χ1n) is 6.57. The van der Waals surface area contributed by atoms with Gasteiger partial charge in [0.2, 0.25) is 5.91 Å². The zero-order valence-corrected chi connectivity index (χ0v) is 10.5. The van der Waals surface area contributed by atoms with Crippen molar-refractivity contribution in [1.29, 1.82) is 0 Å². The van der Waals surface area contributed by atoms with Gasteiger partial charge in [-0.15, -0.1) is 0 Å². The molecule has 18 heavy (non-hydrogen) atoms. The summed E-state index contributed by atoms with van der Waals surface area (Å²) in [5.41, 5.74) is 8.35. The minimum atomic E-state index is 0.149. The third-order valence-corrected chi connectivity index (χ3v) is 4.10. The Morgan fingerprint density at radius 3 is 2.89 bits per heavy atom. The fourth-order valence-electron chi connectivity index (χ4n) is 2.64. The third-order valence-electron chi connectivity index (χ3n) is 4.10. The van der Waals surface area contributed by atoms with E-state index in [4.69, 9.17) is 5.73 Å². The molecule has 3 N–H and O–H groups in total. The van der Waals surface area contributed by atoms with Gasteiger partial charge in [-0.3, -0.25) is 4.79 Å². The maximum absolute atomic E-state index is 11.9. The van der Waals surface area contributed by atoms with Crippen molar-refractivity contribution in [3.8, 4) is 0 Å². The van der Waals surface area contributed by atoms with E-state index in [2.05, 4.69) is 17.4 Å². The summed E-state index contributed by atoms with van der Waals surface area (Å²) >= 11 is 0. The molecule has 4 heteroatoms. The Bertz CT molecular complexity index is 468. The van der Waals surface area contributed by atoms with Gasteiger partial charge < -0.3 is 16.0 Å². The molecule has 1 aliphatic carbocycles. The largest absolute Gasteiger partial charge is 0.330 e. The van der Waals surface area contributed by atoms with Crippen LogP contribution >= 0.6 is 0 Å². The molecule has 1 saturated carbocycles. The summed E-state index contributed by atoms with van der Waals surface area (Å²) in [6.45, 7) is 2.74. The second-order valence-electron chi connectivity index (χ2n) is 5.26. The Kier molecular flexibility index (Phi) is 2.84. The van der Waals surface area contributed by atoms with E-state index >= 15 is 0 Å². The average Bonchev–Trinajstić information content (AvgIpc) is 3.20. The summed E-state index contributed by atoms with van der Waals surface area (Å²) in [7, 11) is 0. The molecule has 1 aliphatic heterocycles. The highest BCUT2D eigenvalue weighted by Gasteiger charge is 2.43. The predicted molar refractivity (Wildman–Crippen MR) is 71.6 cm³/mol. The molecule has 4 nitrogen and oxygen atoms in total. The van der Waals surface area contributed by atoms with Crippen molar-refractivity contribution in [1.82, 2.24) is 5.32 Å². The van der Waals surface area contributed by atoms with Crippen molar-refractivity contribution in [3.05, 3.63) is 29.8 Å². The van der Waals surface area contributed by atoms with Gasteiger partial charge in [-0.05, 0) is 30.5 Å². The highest BCUT2D eigenvalue weighted by Crippen LogP contribution is 2.47. The Balaban J connectivity index is 1.89. The summed E-state index contributed by atoms with van der Waals surface area (Å²) in [6, 6.07) is 8.33. The fraction of sp³-hybridized carbons (Fsp3) is 0.500. The molecule has 1 aromatic carbocycles. The molecule has 2 aliphatic rings. The number of nitrogens with zero attached hydrogens (tertiary/aromatic N) is 1. The van der Waals surface area contributed by atoms with E-state index in [1.54, 1.807) is 0 Å². The number of carbonyl (C=O) groups is 1. The molecule has 1 saturated heterocycles. The van der Waals surface area contributed by atoms with Crippen molar-refractivity contribution in [3.63, 3.8) is 0 Å². The van der Waals surface area contributed by atoms with Gasteiger partial charge in [0.1, 0.15) is 0 Å². The van der Waals surface area contributed by atoms with Crippen LogP contribution in [0.4, 0.5) is 5.69 Å². The van der Waals surface area contributed by atoms with Crippen LogP contribution in [0.3, 0.4) is 0 Å². The summed E-state index contributed by atoms with van der Waals surface area (Å²) in [5, 5.41) is 3.09. The molecule has 96 valence electrons. The van der Waals surface area contributed by atoms with Gasteiger partial charge >= 0.3 is 0 Å². The van der Waals surface area contributed by atoms with E-state index in [0.717, 1.165) is 18.8 Å². The normalized spacial score (nSPS) is 22.1. The van der Waals surface area contributed by atoms with E-state index in [-0.39, 0.29) is 11.3 Å². The minimum absolute atomic E-state index is 0.149. The summed E-state index contributed by atoms with van der Waals surface area (Å²) < 4.78 is 0. The summed E-state index contributed by atoms with van der Waals surface area (Å²) in [4.78, 5) is 13.7. The molecule has 0 atom stereocenters. The molecule has 2 fully saturated rings. The topological polar surface area (TPSA) is 58.4 Å². The highest BCUT2D eigenvalue weighted by molar-refractivity contribution is 5.95. The second kappa shape index (κ2) is 4.37. The van der Waals surface area contributed by atoms with Crippen LogP contribution in [0.15, 0.2) is 24.3 Å². The Morgan fingerprint density at radius 1 is 1.39 bits per heavy atom. The van der Waals surface area contributed by atoms with Crippen LogP contribution in [0.1, 0.15) is 18.4 Å². The molecule has 0 aromatic heterocycles. The number of carbonyl (C=O) groups excluding carboxylic acids is 1. The molecule has 0 spiro atoms. The van der Waals surface area contributed by atoms with Crippen LogP contribution < -0.4 is 16.0 Å². The zero-order valence-electron chi connectivity index (χ0n) is 10.5. The van der Waals surface area contributed by atoms with Gasteiger partial charge in [-0.25, -0.2) is 0 Å². The number of nitrogens with one attached hydrogen (secondary N) is 1. The van der Waals surface area contributed by atoms with Crippen molar-refractivity contribution in [2.45, 2.75) is 18.3 Å². The average molecular weight is 245 g/mol. The lowest BCUT2D eigenvalue weighted by molar-refractivity contribution is -0.118. The molecule has 1 amide bonds. The van der Waals surface area contributed by atoms with Crippen molar-refractivity contribution < 1.29 is 4.79 Å². The van der Waals surface area contributed by atoms with Gasteiger partial charge in [0, 0.05) is 30.7 Å². The number of amides is 1. The molecule has 1 aromatic rings. The Morgan fingerprint density at radius 2 is 2.22 bits per heavy atom. The SMILES string of the molecule is NCC1(c2cccc(N3CCNCC3=O)c2)CC1. The number of hydrogen-bond acceptors (Lipinski definition) is 3. The lowest BCUT2D eigenvalue weighted by atomic mass is 9.95. The molecular weight excluding hydrogens is 226 g/mol. The minimum Gasteiger partial charge on any atom is -0.330 e. The van der Waals surface area contributed by atoms with Crippen molar-refractivity contribution in [2.24, 2.45) is 5.73 Å². The number of anilines is 1. The first-order chi connectivity index (χ1) is 8.75.